The van der Waals surface area contributed by atoms with Gasteiger partial charge in [-0.2, -0.15) is 0 Å². The first kappa shape index (κ1) is 18.7. The van der Waals surface area contributed by atoms with Crippen molar-refractivity contribution in [3.05, 3.63) is 33.9 Å². The molecule has 0 bridgehead atoms. The average Bonchev–Trinajstić information content (AvgIpc) is 3.37. The van der Waals surface area contributed by atoms with E-state index in [0.717, 1.165) is 25.3 Å². The number of aromatic nitrogens is 1. The van der Waals surface area contributed by atoms with Crippen molar-refractivity contribution in [2.75, 3.05) is 25.1 Å². The molecule has 7 nitrogen and oxygen atoms in total. The molecule has 1 saturated carbocycles. The van der Waals surface area contributed by atoms with E-state index in [9.17, 15) is 14.7 Å². The maximum atomic E-state index is 15.2. The number of rotatable bonds is 5. The molecule has 4 rings (SSSR count). The van der Waals surface area contributed by atoms with Crippen molar-refractivity contribution in [1.82, 2.24) is 4.57 Å². The van der Waals surface area contributed by atoms with E-state index in [4.69, 9.17) is 10.5 Å². The number of carbonyl (C=O) groups is 1. The number of hydrogen-bond acceptors (Lipinski definition) is 5. The highest BCUT2D eigenvalue weighted by atomic mass is 19.1. The highest BCUT2D eigenvalue weighted by Crippen LogP contribution is 2.44. The lowest BCUT2D eigenvalue weighted by molar-refractivity contribution is 0.0695. The van der Waals surface area contributed by atoms with Gasteiger partial charge in [-0.25, -0.2) is 9.18 Å². The number of nitrogens with zero attached hydrogens (tertiary/aromatic N) is 2. The van der Waals surface area contributed by atoms with Gasteiger partial charge in [-0.05, 0) is 38.2 Å². The van der Waals surface area contributed by atoms with Crippen molar-refractivity contribution in [2.24, 2.45) is 11.7 Å². The fourth-order valence-corrected chi connectivity index (χ4v) is 4.14. The minimum absolute atomic E-state index is 0.00211. The van der Waals surface area contributed by atoms with Crippen LogP contribution in [0.3, 0.4) is 0 Å². The summed E-state index contributed by atoms with van der Waals surface area (Å²) < 4.78 is 22.5. The second kappa shape index (κ2) is 6.77. The lowest BCUT2D eigenvalue weighted by atomic mass is 10.0. The Balaban J connectivity index is 1.97. The molecular weight excluding hydrogens is 365 g/mol. The van der Waals surface area contributed by atoms with Crippen LogP contribution in [0.25, 0.3) is 10.9 Å². The molecule has 2 fully saturated rings. The third-order valence-electron chi connectivity index (χ3n) is 5.86. The molecule has 0 amide bonds. The summed E-state index contributed by atoms with van der Waals surface area (Å²) in [6, 6.07) is 1.24. The van der Waals surface area contributed by atoms with Crippen LogP contribution in [-0.4, -0.2) is 41.9 Å². The van der Waals surface area contributed by atoms with Crippen LogP contribution in [0.4, 0.5) is 10.1 Å². The van der Waals surface area contributed by atoms with Gasteiger partial charge >= 0.3 is 5.97 Å². The van der Waals surface area contributed by atoms with E-state index in [1.54, 1.807) is 4.57 Å². The maximum absolute atomic E-state index is 15.2. The Bertz CT molecular complexity index is 1010. The van der Waals surface area contributed by atoms with Gasteiger partial charge in [-0.15, -0.1) is 0 Å². The van der Waals surface area contributed by atoms with E-state index in [1.165, 1.54) is 13.3 Å². The van der Waals surface area contributed by atoms with Gasteiger partial charge in [0, 0.05) is 31.4 Å². The number of pyridine rings is 1. The fraction of sp³-hybridized carbons (Fsp3) is 0.500. The minimum atomic E-state index is -1.32. The van der Waals surface area contributed by atoms with Crippen molar-refractivity contribution < 1.29 is 19.0 Å². The minimum Gasteiger partial charge on any atom is -0.492 e. The van der Waals surface area contributed by atoms with Crippen LogP contribution in [0.15, 0.2) is 17.1 Å². The first-order valence-electron chi connectivity index (χ1n) is 9.52. The second-order valence-electron chi connectivity index (χ2n) is 7.81. The smallest absolute Gasteiger partial charge is 0.341 e. The molecule has 1 aliphatic carbocycles. The quantitative estimate of drug-likeness (QED) is 0.815. The van der Waals surface area contributed by atoms with E-state index < -0.39 is 17.2 Å². The summed E-state index contributed by atoms with van der Waals surface area (Å²) in [7, 11) is 1.45. The Morgan fingerprint density at radius 1 is 1.39 bits per heavy atom. The van der Waals surface area contributed by atoms with Crippen LogP contribution in [0.5, 0.6) is 5.75 Å². The van der Waals surface area contributed by atoms with E-state index in [2.05, 4.69) is 0 Å². The number of halogens is 1. The summed E-state index contributed by atoms with van der Waals surface area (Å²) in [4.78, 5) is 26.1. The summed E-state index contributed by atoms with van der Waals surface area (Å²) in [6.45, 7) is 3.20. The number of methoxy groups -OCH3 is 1. The molecule has 2 heterocycles. The van der Waals surface area contributed by atoms with Gasteiger partial charge in [0.25, 0.3) is 0 Å². The molecular formula is C20H24FN3O4. The van der Waals surface area contributed by atoms with Gasteiger partial charge in [0.2, 0.25) is 5.43 Å². The molecule has 1 unspecified atom stereocenters. The second-order valence-corrected chi connectivity index (χ2v) is 7.81. The van der Waals surface area contributed by atoms with Gasteiger partial charge < -0.3 is 25.0 Å². The first-order chi connectivity index (χ1) is 13.3. The first-order valence-corrected chi connectivity index (χ1v) is 9.52. The lowest BCUT2D eigenvalue weighted by Gasteiger charge is -2.25. The molecule has 0 spiro atoms. The zero-order valence-corrected chi connectivity index (χ0v) is 15.9. The van der Waals surface area contributed by atoms with Crippen molar-refractivity contribution in [3.63, 3.8) is 0 Å². The van der Waals surface area contributed by atoms with Crippen LogP contribution >= 0.6 is 0 Å². The molecule has 2 atom stereocenters. The van der Waals surface area contributed by atoms with Crippen molar-refractivity contribution in [3.8, 4) is 5.75 Å². The molecule has 3 N–H and O–H groups in total. The predicted molar refractivity (Wildman–Crippen MR) is 104 cm³/mol. The molecule has 150 valence electrons. The number of carboxylic acid groups (broad SMARTS) is 1. The topological polar surface area (TPSA) is 97.8 Å². The highest BCUT2D eigenvalue weighted by Gasteiger charge is 2.33. The Hall–Kier alpha value is -2.61. The Morgan fingerprint density at radius 2 is 2.11 bits per heavy atom. The monoisotopic (exact) mass is 389 g/mol. The Kier molecular flexibility index (Phi) is 4.53. The number of anilines is 1. The number of fused-ring (bicyclic) bond motifs is 1. The third kappa shape index (κ3) is 2.92. The number of nitrogens with two attached hydrogens (primary N) is 1. The third-order valence-corrected chi connectivity index (χ3v) is 5.86. The number of hydrogen-bond donors (Lipinski definition) is 2. The summed E-state index contributed by atoms with van der Waals surface area (Å²) in [5.41, 5.74) is 5.74. The van der Waals surface area contributed by atoms with Crippen LogP contribution in [0.2, 0.25) is 0 Å². The largest absolute Gasteiger partial charge is 0.492 e. The normalized spacial score (nSPS) is 20.6. The number of ether oxygens (including phenoxy) is 1. The standard InChI is InChI=1S/C20H24FN3O4/c1-10(22)11-5-6-23(8-11)17-15(21)7-13-16(19(17)28-2)24(12-3-4-12)9-14(18(13)25)20(26)27/h7,9-12H,3-6,8,22H2,1-2H3,(H,26,27)/t10-,11?/m0/s1. The Labute approximate surface area is 161 Å². The molecule has 28 heavy (non-hydrogen) atoms. The zero-order chi connectivity index (χ0) is 20.2. The summed E-state index contributed by atoms with van der Waals surface area (Å²) in [6.07, 6.45) is 3.97. The number of aromatic carboxylic acids is 1. The zero-order valence-electron chi connectivity index (χ0n) is 15.9. The Morgan fingerprint density at radius 3 is 2.64 bits per heavy atom. The lowest BCUT2D eigenvalue weighted by Crippen LogP contribution is -2.30. The summed E-state index contributed by atoms with van der Waals surface area (Å²) in [5.74, 6) is -1.37. The molecule has 2 aromatic rings. The summed E-state index contributed by atoms with van der Waals surface area (Å²) >= 11 is 0. The predicted octanol–water partition coefficient (Wildman–Crippen LogP) is 2.36. The van der Waals surface area contributed by atoms with E-state index >= 15 is 4.39 Å². The number of benzene rings is 1. The molecule has 1 aromatic carbocycles. The van der Waals surface area contributed by atoms with Gasteiger partial charge in [0.05, 0.1) is 18.0 Å². The van der Waals surface area contributed by atoms with Crippen LogP contribution in [0, 0.1) is 11.7 Å². The van der Waals surface area contributed by atoms with Gasteiger partial charge in [-0.1, -0.05) is 0 Å². The summed E-state index contributed by atoms with van der Waals surface area (Å²) in [5, 5.41) is 9.43. The fourth-order valence-electron chi connectivity index (χ4n) is 4.14. The maximum Gasteiger partial charge on any atom is 0.341 e. The van der Waals surface area contributed by atoms with E-state index in [1.807, 2.05) is 11.8 Å². The highest BCUT2D eigenvalue weighted by molar-refractivity contribution is 5.97. The molecule has 1 aromatic heterocycles. The van der Waals surface area contributed by atoms with Gasteiger partial charge in [0.15, 0.2) is 11.6 Å². The van der Waals surface area contributed by atoms with Gasteiger partial charge in [0.1, 0.15) is 11.3 Å². The van der Waals surface area contributed by atoms with Crippen molar-refractivity contribution in [1.29, 1.82) is 0 Å². The van der Waals surface area contributed by atoms with Crippen LogP contribution < -0.4 is 20.8 Å². The van der Waals surface area contributed by atoms with Gasteiger partial charge in [-0.3, -0.25) is 4.79 Å². The number of carboxylic acids is 1. The molecule has 2 aliphatic rings. The van der Waals surface area contributed by atoms with Crippen molar-refractivity contribution >= 4 is 22.6 Å². The SMILES string of the molecule is COc1c(N2CCC([C@H](C)N)C2)c(F)cc2c(=O)c(C(=O)O)cn(C3CC3)c12. The molecule has 1 aliphatic heterocycles. The van der Waals surface area contributed by atoms with Crippen LogP contribution in [-0.2, 0) is 0 Å². The average molecular weight is 389 g/mol. The molecule has 1 saturated heterocycles. The van der Waals surface area contributed by atoms with Crippen LogP contribution in [0.1, 0.15) is 42.6 Å². The van der Waals surface area contributed by atoms with E-state index in [0.29, 0.717) is 24.3 Å². The van der Waals surface area contributed by atoms with Crippen molar-refractivity contribution in [2.45, 2.75) is 38.3 Å². The van der Waals surface area contributed by atoms with E-state index in [-0.39, 0.29) is 34.7 Å². The molecule has 8 heteroatoms. The molecule has 0 radical (unpaired) electrons.